The molecule has 0 unspecified atom stereocenters. The molecule has 1 atom stereocenters. The molecular weight excluding hydrogens is 279 g/mol. The SMILES string of the molecule is CCc1cccc(F)c1COc1ccc2c(c1)OC[C@@H](C)C2. The van der Waals surface area contributed by atoms with Crippen LogP contribution in [0.5, 0.6) is 11.5 Å². The van der Waals surface area contributed by atoms with Crippen LogP contribution in [-0.2, 0) is 19.4 Å². The van der Waals surface area contributed by atoms with Gasteiger partial charge in [0, 0.05) is 11.6 Å². The summed E-state index contributed by atoms with van der Waals surface area (Å²) in [6.07, 6.45) is 1.82. The van der Waals surface area contributed by atoms with Crippen molar-refractivity contribution < 1.29 is 13.9 Å². The van der Waals surface area contributed by atoms with Gasteiger partial charge in [-0.2, -0.15) is 0 Å². The van der Waals surface area contributed by atoms with E-state index in [-0.39, 0.29) is 12.4 Å². The summed E-state index contributed by atoms with van der Waals surface area (Å²) in [5.74, 6) is 1.95. The van der Waals surface area contributed by atoms with Gasteiger partial charge in [-0.15, -0.1) is 0 Å². The summed E-state index contributed by atoms with van der Waals surface area (Å²) in [5, 5.41) is 0. The van der Waals surface area contributed by atoms with Crippen molar-refractivity contribution in [2.24, 2.45) is 5.92 Å². The molecule has 22 heavy (non-hydrogen) atoms. The normalized spacial score (nSPS) is 16.8. The van der Waals surface area contributed by atoms with E-state index in [1.165, 1.54) is 11.6 Å². The first-order chi connectivity index (χ1) is 10.7. The maximum absolute atomic E-state index is 14.0. The summed E-state index contributed by atoms with van der Waals surface area (Å²) in [4.78, 5) is 0. The molecule has 0 aromatic heterocycles. The highest BCUT2D eigenvalue weighted by atomic mass is 19.1. The highest BCUT2D eigenvalue weighted by Crippen LogP contribution is 2.31. The lowest BCUT2D eigenvalue weighted by molar-refractivity contribution is 0.230. The van der Waals surface area contributed by atoms with Crippen LogP contribution in [0.15, 0.2) is 36.4 Å². The minimum atomic E-state index is -0.206. The number of rotatable bonds is 4. The average molecular weight is 300 g/mol. The van der Waals surface area contributed by atoms with E-state index in [1.807, 2.05) is 31.2 Å². The lowest BCUT2D eigenvalue weighted by atomic mass is 9.98. The van der Waals surface area contributed by atoms with Gasteiger partial charge < -0.3 is 9.47 Å². The van der Waals surface area contributed by atoms with Crippen LogP contribution >= 0.6 is 0 Å². The molecule has 0 saturated carbocycles. The Morgan fingerprint density at radius 3 is 2.95 bits per heavy atom. The van der Waals surface area contributed by atoms with Gasteiger partial charge in [0.2, 0.25) is 0 Å². The van der Waals surface area contributed by atoms with E-state index in [0.29, 0.717) is 11.5 Å². The molecule has 0 aliphatic carbocycles. The van der Waals surface area contributed by atoms with E-state index in [9.17, 15) is 4.39 Å². The third-order valence-corrected chi connectivity index (χ3v) is 4.11. The van der Waals surface area contributed by atoms with Gasteiger partial charge in [0.1, 0.15) is 23.9 Å². The molecule has 0 amide bonds. The van der Waals surface area contributed by atoms with Gasteiger partial charge in [-0.1, -0.05) is 32.0 Å². The zero-order chi connectivity index (χ0) is 15.5. The van der Waals surface area contributed by atoms with Crippen LogP contribution in [-0.4, -0.2) is 6.61 Å². The maximum atomic E-state index is 14.0. The van der Waals surface area contributed by atoms with Crippen molar-refractivity contribution in [2.75, 3.05) is 6.61 Å². The van der Waals surface area contributed by atoms with Crippen LogP contribution in [0.3, 0.4) is 0 Å². The quantitative estimate of drug-likeness (QED) is 0.825. The van der Waals surface area contributed by atoms with Crippen molar-refractivity contribution in [1.82, 2.24) is 0 Å². The van der Waals surface area contributed by atoms with Crippen molar-refractivity contribution >= 4 is 0 Å². The monoisotopic (exact) mass is 300 g/mol. The number of aryl methyl sites for hydroxylation is 1. The van der Waals surface area contributed by atoms with Crippen LogP contribution in [0.1, 0.15) is 30.5 Å². The Hall–Kier alpha value is -2.03. The van der Waals surface area contributed by atoms with E-state index >= 15 is 0 Å². The molecule has 3 rings (SSSR count). The molecule has 0 spiro atoms. The minimum Gasteiger partial charge on any atom is -0.493 e. The fourth-order valence-electron chi connectivity index (χ4n) is 2.85. The summed E-state index contributed by atoms with van der Waals surface area (Å²) in [6, 6.07) is 11.1. The van der Waals surface area contributed by atoms with E-state index < -0.39 is 0 Å². The molecule has 2 aromatic carbocycles. The highest BCUT2D eigenvalue weighted by Gasteiger charge is 2.17. The van der Waals surface area contributed by atoms with Gasteiger partial charge in [0.25, 0.3) is 0 Å². The topological polar surface area (TPSA) is 18.5 Å². The van der Waals surface area contributed by atoms with E-state index in [1.54, 1.807) is 6.07 Å². The van der Waals surface area contributed by atoms with Gasteiger partial charge in [-0.05, 0) is 42.0 Å². The van der Waals surface area contributed by atoms with Gasteiger partial charge in [0.15, 0.2) is 0 Å². The Labute approximate surface area is 130 Å². The molecule has 1 aliphatic rings. The summed E-state index contributed by atoms with van der Waals surface area (Å²) in [7, 11) is 0. The van der Waals surface area contributed by atoms with Gasteiger partial charge in [-0.3, -0.25) is 0 Å². The standard InChI is InChI=1S/C19H21FO2/c1-3-14-5-4-6-18(20)17(14)12-21-16-8-7-15-9-13(2)11-22-19(15)10-16/h4-8,10,13H,3,9,11-12H2,1-2H3/t13-/m0/s1. The number of ether oxygens (including phenoxy) is 2. The molecule has 1 aliphatic heterocycles. The fraction of sp³-hybridized carbons (Fsp3) is 0.368. The van der Waals surface area contributed by atoms with Gasteiger partial charge in [0.05, 0.1) is 6.61 Å². The molecule has 2 nitrogen and oxygen atoms in total. The second-order valence-electron chi connectivity index (χ2n) is 5.91. The number of benzene rings is 2. The van der Waals surface area contributed by atoms with Crippen molar-refractivity contribution in [2.45, 2.75) is 33.3 Å². The molecule has 1 heterocycles. The third kappa shape index (κ3) is 3.08. The van der Waals surface area contributed by atoms with E-state index in [0.717, 1.165) is 36.5 Å². The Balaban J connectivity index is 1.75. The van der Waals surface area contributed by atoms with Crippen molar-refractivity contribution in [1.29, 1.82) is 0 Å². The number of halogens is 1. The molecule has 0 radical (unpaired) electrons. The molecule has 2 aromatic rings. The van der Waals surface area contributed by atoms with E-state index in [2.05, 4.69) is 6.92 Å². The molecule has 3 heteroatoms. The van der Waals surface area contributed by atoms with Crippen LogP contribution < -0.4 is 9.47 Å². The zero-order valence-electron chi connectivity index (χ0n) is 13.1. The first-order valence-electron chi connectivity index (χ1n) is 7.82. The molecular formula is C19H21FO2. The van der Waals surface area contributed by atoms with Crippen molar-refractivity contribution in [3.8, 4) is 11.5 Å². The second kappa shape index (κ2) is 6.39. The minimum absolute atomic E-state index is 0.206. The summed E-state index contributed by atoms with van der Waals surface area (Å²) in [5.41, 5.74) is 2.84. The number of hydrogen-bond acceptors (Lipinski definition) is 2. The Bertz CT molecular complexity index is 666. The smallest absolute Gasteiger partial charge is 0.130 e. The predicted molar refractivity (Wildman–Crippen MR) is 84.9 cm³/mol. The molecule has 0 N–H and O–H groups in total. The third-order valence-electron chi connectivity index (χ3n) is 4.11. The van der Waals surface area contributed by atoms with Gasteiger partial charge in [-0.25, -0.2) is 4.39 Å². The predicted octanol–water partition coefficient (Wildman–Crippen LogP) is 4.54. The molecule has 0 fully saturated rings. The van der Waals surface area contributed by atoms with Crippen LogP contribution in [0, 0.1) is 11.7 Å². The first-order valence-corrected chi connectivity index (χ1v) is 7.82. The summed E-state index contributed by atoms with van der Waals surface area (Å²) >= 11 is 0. The van der Waals surface area contributed by atoms with Gasteiger partial charge >= 0.3 is 0 Å². The van der Waals surface area contributed by atoms with E-state index in [4.69, 9.17) is 9.47 Å². The lowest BCUT2D eigenvalue weighted by Crippen LogP contribution is -2.17. The lowest BCUT2D eigenvalue weighted by Gasteiger charge is -2.23. The second-order valence-corrected chi connectivity index (χ2v) is 5.91. The summed E-state index contributed by atoms with van der Waals surface area (Å²) in [6.45, 7) is 5.18. The Kier molecular flexibility index (Phi) is 4.32. The largest absolute Gasteiger partial charge is 0.493 e. The number of hydrogen-bond donors (Lipinski definition) is 0. The summed E-state index contributed by atoms with van der Waals surface area (Å²) < 4.78 is 25.5. The number of fused-ring (bicyclic) bond motifs is 1. The molecule has 0 saturated heterocycles. The maximum Gasteiger partial charge on any atom is 0.130 e. The average Bonchev–Trinajstić information content (AvgIpc) is 2.53. The van der Waals surface area contributed by atoms with Crippen LogP contribution in [0.25, 0.3) is 0 Å². The Morgan fingerprint density at radius 2 is 2.14 bits per heavy atom. The van der Waals surface area contributed by atoms with Crippen LogP contribution in [0.4, 0.5) is 4.39 Å². The van der Waals surface area contributed by atoms with Crippen molar-refractivity contribution in [3.63, 3.8) is 0 Å². The fourth-order valence-corrected chi connectivity index (χ4v) is 2.85. The van der Waals surface area contributed by atoms with Crippen molar-refractivity contribution in [3.05, 3.63) is 58.9 Å². The first kappa shape index (κ1) is 14.9. The molecule has 0 bridgehead atoms. The van der Waals surface area contributed by atoms with Crippen LogP contribution in [0.2, 0.25) is 0 Å². The Morgan fingerprint density at radius 1 is 1.27 bits per heavy atom. The molecule has 116 valence electrons. The zero-order valence-corrected chi connectivity index (χ0v) is 13.1. The highest BCUT2D eigenvalue weighted by molar-refractivity contribution is 5.42.